The van der Waals surface area contributed by atoms with Crippen LogP contribution in [0.25, 0.3) is 0 Å². The van der Waals surface area contributed by atoms with Gasteiger partial charge in [0.15, 0.2) is 0 Å². The Bertz CT molecular complexity index is 588. The summed E-state index contributed by atoms with van der Waals surface area (Å²) in [5, 5.41) is 7.14. The molecule has 2 aromatic rings. The normalized spacial score (nSPS) is 21.9. The second-order valence-corrected chi connectivity index (χ2v) is 5.35. The van der Waals surface area contributed by atoms with Gasteiger partial charge in [-0.2, -0.15) is 8.78 Å². The zero-order valence-electron chi connectivity index (χ0n) is 11.7. The van der Waals surface area contributed by atoms with Gasteiger partial charge in [-0.25, -0.2) is 0 Å². The molecule has 3 rings (SSSR count). The first-order chi connectivity index (χ1) is 10.2. The van der Waals surface area contributed by atoms with Crippen molar-refractivity contribution in [3.8, 4) is 0 Å². The van der Waals surface area contributed by atoms with E-state index in [9.17, 15) is 8.78 Å². The van der Waals surface area contributed by atoms with Crippen molar-refractivity contribution in [2.24, 2.45) is 0 Å². The van der Waals surface area contributed by atoms with Gasteiger partial charge in [0.2, 0.25) is 0 Å². The molecule has 0 aliphatic heterocycles. The lowest BCUT2D eigenvalue weighted by atomic mass is 9.93. The minimum absolute atomic E-state index is 0.165. The average molecular weight is 293 g/mol. The Morgan fingerprint density at radius 3 is 2.62 bits per heavy atom. The second-order valence-electron chi connectivity index (χ2n) is 5.35. The first kappa shape index (κ1) is 14.0. The number of benzene rings is 1. The van der Waals surface area contributed by atoms with Crippen LogP contribution in [0.1, 0.15) is 43.1 Å². The van der Waals surface area contributed by atoms with E-state index in [1.165, 1.54) is 5.56 Å². The summed E-state index contributed by atoms with van der Waals surface area (Å²) < 4.78 is 30.2. The zero-order chi connectivity index (χ0) is 14.8. The molecule has 1 aromatic carbocycles. The summed E-state index contributed by atoms with van der Waals surface area (Å²) in [6.45, 7) is 0. The molecule has 1 heterocycles. The number of alkyl halides is 2. The highest BCUT2D eigenvalue weighted by Gasteiger charge is 2.34. The molecule has 0 spiro atoms. The zero-order valence-corrected chi connectivity index (χ0v) is 11.7. The van der Waals surface area contributed by atoms with Crippen molar-refractivity contribution in [3.05, 3.63) is 41.8 Å². The minimum atomic E-state index is -2.73. The fraction of sp³-hybridized carbons (Fsp3) is 0.467. The highest BCUT2D eigenvalue weighted by Crippen LogP contribution is 2.38. The summed E-state index contributed by atoms with van der Waals surface area (Å²) in [5.41, 5.74) is 1.26. The van der Waals surface area contributed by atoms with Crippen LogP contribution in [0.5, 0.6) is 0 Å². The molecule has 4 nitrogen and oxygen atoms in total. The van der Waals surface area contributed by atoms with Gasteiger partial charge >= 0.3 is 12.4 Å². The molecule has 1 aliphatic rings. The van der Waals surface area contributed by atoms with Crippen LogP contribution in [-0.2, 0) is 0 Å². The van der Waals surface area contributed by atoms with Crippen molar-refractivity contribution in [3.63, 3.8) is 0 Å². The highest BCUT2D eigenvalue weighted by molar-refractivity contribution is 5.32. The summed E-state index contributed by atoms with van der Waals surface area (Å²) in [5.74, 6) is -0.260. The van der Waals surface area contributed by atoms with Crippen molar-refractivity contribution < 1.29 is 13.2 Å². The topological polar surface area (TPSA) is 42.2 Å². The summed E-state index contributed by atoms with van der Waals surface area (Å²) >= 11 is 0. The fourth-order valence-corrected chi connectivity index (χ4v) is 3.09. The van der Waals surface area contributed by atoms with Gasteiger partial charge < -0.3 is 9.32 Å². The largest absolute Gasteiger partial charge is 0.402 e. The summed E-state index contributed by atoms with van der Waals surface area (Å²) in [7, 11) is 1.83. The quantitative estimate of drug-likeness (QED) is 0.860. The van der Waals surface area contributed by atoms with Gasteiger partial charge in [0, 0.05) is 19.0 Å². The molecule has 0 amide bonds. The maximum atomic E-state index is 12.5. The number of halogens is 2. The van der Waals surface area contributed by atoms with Crippen LogP contribution in [-0.4, -0.2) is 23.3 Å². The van der Waals surface area contributed by atoms with Crippen molar-refractivity contribution in [1.29, 1.82) is 0 Å². The van der Waals surface area contributed by atoms with Gasteiger partial charge in [-0.1, -0.05) is 41.9 Å². The standard InChI is InChI=1S/C15H17F2N3O/c1-20(15-19-18-14(21-15)13(16)17)12-9-5-8-11(12)10-6-3-2-4-7-10/h2-4,6-7,11-13H,5,8-9H2,1H3/t11-,12-/m0/s1. The molecule has 112 valence electrons. The van der Waals surface area contributed by atoms with Crippen molar-refractivity contribution in [2.75, 3.05) is 11.9 Å². The Morgan fingerprint density at radius 2 is 1.95 bits per heavy atom. The third kappa shape index (κ3) is 2.75. The van der Waals surface area contributed by atoms with E-state index in [1.807, 2.05) is 30.1 Å². The van der Waals surface area contributed by atoms with E-state index in [1.54, 1.807) is 0 Å². The van der Waals surface area contributed by atoms with Gasteiger partial charge in [0.25, 0.3) is 5.89 Å². The molecule has 0 bridgehead atoms. The van der Waals surface area contributed by atoms with E-state index < -0.39 is 12.3 Å². The molecular weight excluding hydrogens is 276 g/mol. The van der Waals surface area contributed by atoms with Crippen LogP contribution >= 0.6 is 0 Å². The first-order valence-corrected chi connectivity index (χ1v) is 7.06. The summed E-state index contributed by atoms with van der Waals surface area (Å²) in [6.07, 6.45) is 0.440. The molecule has 21 heavy (non-hydrogen) atoms. The van der Waals surface area contributed by atoms with Crippen molar-refractivity contribution >= 4 is 6.01 Å². The van der Waals surface area contributed by atoms with Crippen LogP contribution in [0.3, 0.4) is 0 Å². The monoisotopic (exact) mass is 293 g/mol. The second kappa shape index (κ2) is 5.79. The Balaban J connectivity index is 1.81. The third-order valence-electron chi connectivity index (χ3n) is 4.12. The van der Waals surface area contributed by atoms with Crippen LogP contribution in [0.15, 0.2) is 34.7 Å². The highest BCUT2D eigenvalue weighted by atomic mass is 19.3. The summed E-state index contributed by atoms with van der Waals surface area (Å²) in [6, 6.07) is 10.6. The third-order valence-corrected chi connectivity index (χ3v) is 4.12. The maximum Gasteiger partial charge on any atom is 0.318 e. The number of nitrogens with zero attached hydrogens (tertiary/aromatic N) is 3. The lowest BCUT2D eigenvalue weighted by Gasteiger charge is -2.28. The number of aromatic nitrogens is 2. The Hall–Kier alpha value is -1.98. The Morgan fingerprint density at radius 1 is 1.19 bits per heavy atom. The molecule has 0 radical (unpaired) electrons. The molecule has 1 aromatic heterocycles. The SMILES string of the molecule is CN(c1nnc(C(F)F)o1)[C@H]1CCC[C@H]1c1ccccc1. The lowest BCUT2D eigenvalue weighted by molar-refractivity contribution is 0.115. The molecule has 1 saturated carbocycles. The van der Waals surface area contributed by atoms with E-state index >= 15 is 0 Å². The number of likely N-dealkylation sites (N-methyl/N-ethyl adjacent to an activating group) is 1. The minimum Gasteiger partial charge on any atom is -0.402 e. The fourth-order valence-electron chi connectivity index (χ4n) is 3.09. The van der Waals surface area contributed by atoms with E-state index in [2.05, 4.69) is 22.3 Å². The number of hydrogen-bond acceptors (Lipinski definition) is 4. The van der Waals surface area contributed by atoms with E-state index in [-0.39, 0.29) is 12.1 Å². The van der Waals surface area contributed by atoms with Gasteiger partial charge in [0.05, 0.1) is 0 Å². The number of hydrogen-bond donors (Lipinski definition) is 0. The van der Waals surface area contributed by atoms with E-state index in [0.717, 1.165) is 19.3 Å². The van der Waals surface area contributed by atoms with E-state index in [0.29, 0.717) is 5.92 Å². The van der Waals surface area contributed by atoms with Crippen LogP contribution in [0, 0.1) is 0 Å². The lowest BCUT2D eigenvalue weighted by Crippen LogP contribution is -2.33. The molecule has 6 heteroatoms. The van der Waals surface area contributed by atoms with Gasteiger partial charge in [-0.3, -0.25) is 0 Å². The first-order valence-electron chi connectivity index (χ1n) is 7.06. The van der Waals surface area contributed by atoms with Gasteiger partial charge in [-0.05, 0) is 18.4 Å². The van der Waals surface area contributed by atoms with Crippen molar-refractivity contribution in [1.82, 2.24) is 10.2 Å². The maximum absolute atomic E-state index is 12.5. The Labute approximate surface area is 121 Å². The summed E-state index contributed by atoms with van der Waals surface area (Å²) in [4.78, 5) is 1.84. The van der Waals surface area contributed by atoms with Gasteiger partial charge in [0.1, 0.15) is 0 Å². The smallest absolute Gasteiger partial charge is 0.318 e. The Kier molecular flexibility index (Phi) is 3.86. The van der Waals surface area contributed by atoms with Crippen molar-refractivity contribution in [2.45, 2.75) is 37.6 Å². The molecule has 1 aliphatic carbocycles. The predicted molar refractivity (Wildman–Crippen MR) is 74.5 cm³/mol. The molecule has 0 saturated heterocycles. The van der Waals surface area contributed by atoms with Crippen LogP contribution in [0.2, 0.25) is 0 Å². The number of anilines is 1. The number of rotatable bonds is 4. The molecular formula is C15H17F2N3O. The average Bonchev–Trinajstić information content (AvgIpc) is 3.17. The molecule has 0 unspecified atom stereocenters. The van der Waals surface area contributed by atoms with Crippen LogP contribution < -0.4 is 4.90 Å². The van der Waals surface area contributed by atoms with Gasteiger partial charge in [-0.15, -0.1) is 5.10 Å². The predicted octanol–water partition coefficient (Wildman–Crippen LogP) is 3.78. The molecule has 1 fully saturated rings. The van der Waals surface area contributed by atoms with Crippen LogP contribution in [0.4, 0.5) is 14.8 Å². The molecule has 0 N–H and O–H groups in total. The van der Waals surface area contributed by atoms with E-state index in [4.69, 9.17) is 4.42 Å². The molecule has 2 atom stereocenters.